The molecule has 1 aromatic carbocycles. The third-order valence-corrected chi connectivity index (χ3v) is 3.54. The molecule has 0 saturated heterocycles. The van der Waals surface area contributed by atoms with Gasteiger partial charge in [-0.2, -0.15) is 0 Å². The molecule has 1 aliphatic heterocycles. The smallest absolute Gasteiger partial charge is 0.173 e. The van der Waals surface area contributed by atoms with Crippen LogP contribution in [-0.4, -0.2) is 16.0 Å². The van der Waals surface area contributed by atoms with Gasteiger partial charge in [-0.05, 0) is 30.2 Å². The first-order chi connectivity index (χ1) is 9.69. The molecule has 5 nitrogen and oxygen atoms in total. The number of hydrogen-bond acceptors (Lipinski definition) is 4. The van der Waals surface area contributed by atoms with Gasteiger partial charge in [-0.1, -0.05) is 29.4 Å². The summed E-state index contributed by atoms with van der Waals surface area (Å²) in [5.41, 5.74) is 9.90. The summed E-state index contributed by atoms with van der Waals surface area (Å²) in [5.74, 6) is 0.847. The van der Waals surface area contributed by atoms with Crippen LogP contribution in [0.3, 0.4) is 0 Å². The molecule has 0 saturated carbocycles. The van der Waals surface area contributed by atoms with Gasteiger partial charge < -0.3 is 15.8 Å². The summed E-state index contributed by atoms with van der Waals surface area (Å²) >= 11 is 0. The van der Waals surface area contributed by atoms with Crippen molar-refractivity contribution in [1.29, 1.82) is 0 Å². The number of anilines is 1. The van der Waals surface area contributed by atoms with Gasteiger partial charge >= 0.3 is 0 Å². The van der Waals surface area contributed by atoms with Gasteiger partial charge in [0.25, 0.3) is 0 Å². The first-order valence-corrected chi connectivity index (χ1v) is 6.46. The van der Waals surface area contributed by atoms with Crippen LogP contribution in [0.1, 0.15) is 22.4 Å². The van der Waals surface area contributed by atoms with E-state index in [9.17, 15) is 0 Å². The van der Waals surface area contributed by atoms with Gasteiger partial charge in [-0.25, -0.2) is 4.98 Å². The molecule has 2 aromatic rings. The van der Waals surface area contributed by atoms with E-state index in [1.54, 1.807) is 0 Å². The number of hydrogen-bond donors (Lipinski definition) is 2. The second-order valence-electron chi connectivity index (χ2n) is 4.93. The van der Waals surface area contributed by atoms with Crippen LogP contribution in [0.4, 0.5) is 5.82 Å². The van der Waals surface area contributed by atoms with Crippen molar-refractivity contribution < 1.29 is 5.21 Å². The molecule has 2 heterocycles. The Balaban J connectivity index is 2.02. The molecule has 1 aliphatic rings. The average Bonchev–Trinajstić information content (AvgIpc) is 2.90. The van der Waals surface area contributed by atoms with E-state index in [1.807, 2.05) is 31.2 Å². The molecule has 102 valence electrons. The molecule has 0 aliphatic carbocycles. The SMILES string of the molecule is Cc1ccc(C(N)=NO)c(N2Cc3ccccc3C2)n1. The Morgan fingerprint density at radius 1 is 1.20 bits per heavy atom. The van der Waals surface area contributed by atoms with E-state index in [-0.39, 0.29) is 5.84 Å². The monoisotopic (exact) mass is 268 g/mol. The minimum absolute atomic E-state index is 0.0865. The molecule has 0 atom stereocenters. The molecule has 0 unspecified atom stereocenters. The summed E-state index contributed by atoms with van der Waals surface area (Å²) in [7, 11) is 0. The summed E-state index contributed by atoms with van der Waals surface area (Å²) in [6.45, 7) is 3.51. The molecule has 0 fully saturated rings. The van der Waals surface area contributed by atoms with Gasteiger partial charge in [-0.15, -0.1) is 0 Å². The standard InChI is InChI=1S/C15H16N4O/c1-10-6-7-13(14(16)18-20)15(17-10)19-8-11-4-2-3-5-12(11)9-19/h2-7,20H,8-9H2,1H3,(H2,16,18). The third-order valence-electron chi connectivity index (χ3n) is 3.54. The van der Waals surface area contributed by atoms with E-state index < -0.39 is 0 Å². The van der Waals surface area contributed by atoms with E-state index >= 15 is 0 Å². The molecule has 3 rings (SSSR count). The number of nitrogens with two attached hydrogens (primary N) is 1. The number of benzene rings is 1. The third kappa shape index (κ3) is 2.07. The maximum absolute atomic E-state index is 8.91. The number of aryl methyl sites for hydroxylation is 1. The molecule has 0 amide bonds. The second kappa shape index (κ2) is 4.85. The lowest BCUT2D eigenvalue weighted by Gasteiger charge is -2.20. The number of rotatable bonds is 2. The fourth-order valence-corrected chi connectivity index (χ4v) is 2.52. The van der Waals surface area contributed by atoms with Crippen molar-refractivity contribution in [2.24, 2.45) is 10.9 Å². The summed E-state index contributed by atoms with van der Waals surface area (Å²) < 4.78 is 0. The van der Waals surface area contributed by atoms with Crippen LogP contribution in [-0.2, 0) is 13.1 Å². The van der Waals surface area contributed by atoms with Gasteiger partial charge in [0.2, 0.25) is 0 Å². The maximum atomic E-state index is 8.91. The maximum Gasteiger partial charge on any atom is 0.173 e. The lowest BCUT2D eigenvalue weighted by molar-refractivity contribution is 0.318. The second-order valence-corrected chi connectivity index (χ2v) is 4.93. The highest BCUT2D eigenvalue weighted by molar-refractivity contribution is 6.01. The fourth-order valence-electron chi connectivity index (χ4n) is 2.52. The van der Waals surface area contributed by atoms with Gasteiger partial charge in [0.1, 0.15) is 5.82 Å². The minimum atomic E-state index is 0.0865. The van der Waals surface area contributed by atoms with Crippen LogP contribution >= 0.6 is 0 Å². The highest BCUT2D eigenvalue weighted by Crippen LogP contribution is 2.29. The van der Waals surface area contributed by atoms with E-state index in [2.05, 4.69) is 27.2 Å². The number of aromatic nitrogens is 1. The Hall–Kier alpha value is -2.56. The van der Waals surface area contributed by atoms with E-state index in [4.69, 9.17) is 10.9 Å². The normalized spacial score (nSPS) is 14.4. The van der Waals surface area contributed by atoms with Crippen molar-refractivity contribution >= 4 is 11.7 Å². The number of oxime groups is 1. The van der Waals surface area contributed by atoms with Crippen molar-refractivity contribution in [3.05, 3.63) is 58.8 Å². The molecule has 0 bridgehead atoms. The van der Waals surface area contributed by atoms with E-state index in [1.165, 1.54) is 11.1 Å². The number of pyridine rings is 1. The Kier molecular flexibility index (Phi) is 3.02. The van der Waals surface area contributed by atoms with Crippen LogP contribution in [0.5, 0.6) is 0 Å². The van der Waals surface area contributed by atoms with Gasteiger partial charge in [0.05, 0.1) is 5.56 Å². The van der Waals surface area contributed by atoms with Gasteiger partial charge in [0.15, 0.2) is 5.84 Å². The Morgan fingerprint density at radius 3 is 2.45 bits per heavy atom. The number of fused-ring (bicyclic) bond motifs is 1. The Morgan fingerprint density at radius 2 is 1.85 bits per heavy atom. The summed E-state index contributed by atoms with van der Waals surface area (Å²) in [4.78, 5) is 6.71. The summed E-state index contributed by atoms with van der Waals surface area (Å²) in [6.07, 6.45) is 0. The Bertz CT molecular complexity index is 656. The zero-order valence-electron chi connectivity index (χ0n) is 11.2. The van der Waals surface area contributed by atoms with E-state index in [0.29, 0.717) is 5.56 Å². The molecule has 0 spiro atoms. The highest BCUT2D eigenvalue weighted by atomic mass is 16.4. The topological polar surface area (TPSA) is 74.7 Å². The number of nitrogens with zero attached hydrogens (tertiary/aromatic N) is 3. The quantitative estimate of drug-likeness (QED) is 0.378. The van der Waals surface area contributed by atoms with Crippen molar-refractivity contribution in [3.8, 4) is 0 Å². The number of amidine groups is 1. The molecule has 3 N–H and O–H groups in total. The molecule has 5 heteroatoms. The highest BCUT2D eigenvalue weighted by Gasteiger charge is 2.23. The fraction of sp³-hybridized carbons (Fsp3) is 0.200. The molecular weight excluding hydrogens is 252 g/mol. The first kappa shape index (κ1) is 12.5. The van der Waals surface area contributed by atoms with Crippen molar-refractivity contribution in [3.63, 3.8) is 0 Å². The van der Waals surface area contributed by atoms with Crippen molar-refractivity contribution in [2.45, 2.75) is 20.0 Å². The predicted molar refractivity (Wildman–Crippen MR) is 77.8 cm³/mol. The summed E-state index contributed by atoms with van der Waals surface area (Å²) in [6, 6.07) is 12.0. The minimum Gasteiger partial charge on any atom is -0.409 e. The first-order valence-electron chi connectivity index (χ1n) is 6.46. The lowest BCUT2D eigenvalue weighted by Crippen LogP contribution is -2.23. The average molecular weight is 268 g/mol. The van der Waals surface area contributed by atoms with Crippen molar-refractivity contribution in [2.75, 3.05) is 4.90 Å². The molecule has 1 aromatic heterocycles. The van der Waals surface area contributed by atoms with Gasteiger partial charge in [0, 0.05) is 18.8 Å². The zero-order valence-corrected chi connectivity index (χ0v) is 11.2. The van der Waals surface area contributed by atoms with Crippen molar-refractivity contribution in [1.82, 2.24) is 4.98 Å². The lowest BCUT2D eigenvalue weighted by atomic mass is 10.1. The van der Waals surface area contributed by atoms with E-state index in [0.717, 1.165) is 24.6 Å². The largest absolute Gasteiger partial charge is 0.409 e. The van der Waals surface area contributed by atoms with Crippen LogP contribution < -0.4 is 10.6 Å². The van der Waals surface area contributed by atoms with Crippen LogP contribution in [0.15, 0.2) is 41.6 Å². The predicted octanol–water partition coefficient (Wildman–Crippen LogP) is 2.00. The Labute approximate surface area is 117 Å². The zero-order chi connectivity index (χ0) is 14.1. The van der Waals surface area contributed by atoms with Crippen LogP contribution in [0.2, 0.25) is 0 Å². The van der Waals surface area contributed by atoms with Gasteiger partial charge in [-0.3, -0.25) is 0 Å². The molecule has 0 radical (unpaired) electrons. The van der Waals surface area contributed by atoms with Crippen LogP contribution in [0, 0.1) is 6.92 Å². The molecule has 20 heavy (non-hydrogen) atoms. The molecular formula is C15H16N4O. The van der Waals surface area contributed by atoms with Crippen LogP contribution in [0.25, 0.3) is 0 Å². The summed E-state index contributed by atoms with van der Waals surface area (Å²) in [5, 5.41) is 12.0.